The van der Waals surface area contributed by atoms with E-state index in [0.29, 0.717) is 6.42 Å². The minimum Gasteiger partial charge on any atom is -0.212 e. The van der Waals surface area contributed by atoms with Crippen LogP contribution >= 0.6 is 0 Å². The van der Waals surface area contributed by atoms with Gasteiger partial charge in [0, 0.05) is 0 Å². The maximum Gasteiger partial charge on any atom is 0.215 e. The first-order valence-corrected chi connectivity index (χ1v) is 7.12. The highest BCUT2D eigenvalue weighted by atomic mass is 32.2. The zero-order valence-corrected chi connectivity index (χ0v) is 10.0. The molecule has 3 nitrogen and oxygen atoms in total. The summed E-state index contributed by atoms with van der Waals surface area (Å²) in [6.45, 7) is 1.99. The molecule has 0 saturated heterocycles. The van der Waals surface area contributed by atoms with Crippen LogP contribution in [0.25, 0.3) is 0 Å². The van der Waals surface area contributed by atoms with E-state index >= 15 is 0 Å². The Morgan fingerprint density at radius 2 is 2.07 bits per heavy atom. The van der Waals surface area contributed by atoms with Crippen LogP contribution in [0, 0.1) is 12.3 Å². The highest BCUT2D eigenvalue weighted by molar-refractivity contribution is 7.90. The van der Waals surface area contributed by atoms with Crippen molar-refractivity contribution in [3.63, 3.8) is 0 Å². The molecular weight excluding hydrogens is 210 g/mol. The van der Waals surface area contributed by atoms with E-state index in [1.165, 1.54) is 0 Å². The van der Waals surface area contributed by atoms with Gasteiger partial charge in [-0.3, -0.25) is 0 Å². The van der Waals surface area contributed by atoms with Crippen molar-refractivity contribution in [2.75, 3.05) is 0 Å². The summed E-state index contributed by atoms with van der Waals surface area (Å²) in [6.07, 6.45) is 10.5. The monoisotopic (exact) mass is 229 g/mol. The second-order valence-electron chi connectivity index (χ2n) is 4.08. The summed E-state index contributed by atoms with van der Waals surface area (Å²) in [5.74, 6) is 2.49. The molecule has 1 unspecified atom stereocenters. The Morgan fingerprint density at radius 3 is 2.53 bits per heavy atom. The molecule has 0 bridgehead atoms. The molecule has 0 aromatic rings. The van der Waals surface area contributed by atoms with Crippen molar-refractivity contribution in [3.05, 3.63) is 0 Å². The fourth-order valence-corrected chi connectivity index (χ4v) is 3.69. The molecule has 1 atom stereocenters. The number of hydrogen-bond acceptors (Lipinski definition) is 2. The Hall–Kier alpha value is -0.530. The van der Waals surface area contributed by atoms with E-state index in [9.17, 15) is 8.42 Å². The molecule has 15 heavy (non-hydrogen) atoms. The number of sulfonamides is 1. The Morgan fingerprint density at radius 1 is 1.47 bits per heavy atom. The van der Waals surface area contributed by atoms with Crippen LogP contribution in [0.5, 0.6) is 0 Å². The largest absolute Gasteiger partial charge is 0.215 e. The summed E-state index contributed by atoms with van der Waals surface area (Å²) in [5.41, 5.74) is 0. The first-order chi connectivity index (χ1) is 7.10. The fraction of sp³-hybridized carbons (Fsp3) is 0.818. The van der Waals surface area contributed by atoms with Gasteiger partial charge in [-0.15, -0.1) is 6.42 Å². The third-order valence-corrected chi connectivity index (χ3v) is 4.79. The zero-order chi connectivity index (χ0) is 11.3. The van der Waals surface area contributed by atoms with Crippen LogP contribution in [-0.2, 0) is 10.0 Å². The van der Waals surface area contributed by atoms with Crippen LogP contribution in [0.3, 0.4) is 0 Å². The second-order valence-corrected chi connectivity index (χ2v) is 6.07. The van der Waals surface area contributed by atoms with Crippen LogP contribution in [0.1, 0.15) is 45.4 Å². The lowest BCUT2D eigenvalue weighted by atomic mass is 10.2. The maximum absolute atomic E-state index is 11.9. The van der Waals surface area contributed by atoms with Gasteiger partial charge in [-0.05, 0) is 19.3 Å². The van der Waals surface area contributed by atoms with E-state index in [1.807, 2.05) is 6.92 Å². The van der Waals surface area contributed by atoms with Gasteiger partial charge in [0.05, 0.1) is 11.3 Å². The topological polar surface area (TPSA) is 46.2 Å². The molecule has 1 N–H and O–H groups in total. The molecule has 4 heteroatoms. The Bertz CT molecular complexity index is 323. The SMILES string of the molecule is C#CC(CCC)NS(=O)(=O)C1CCCC1. The van der Waals surface area contributed by atoms with E-state index in [4.69, 9.17) is 6.42 Å². The summed E-state index contributed by atoms with van der Waals surface area (Å²) in [6, 6.07) is -0.333. The lowest BCUT2D eigenvalue weighted by molar-refractivity contribution is 0.549. The third kappa shape index (κ3) is 3.51. The summed E-state index contributed by atoms with van der Waals surface area (Å²) in [5, 5.41) is -0.217. The zero-order valence-electron chi connectivity index (χ0n) is 9.20. The van der Waals surface area contributed by atoms with E-state index in [0.717, 1.165) is 32.1 Å². The molecule has 0 spiro atoms. The smallest absolute Gasteiger partial charge is 0.212 e. The Balaban J connectivity index is 2.58. The van der Waals surface area contributed by atoms with Crippen molar-refractivity contribution in [1.82, 2.24) is 4.72 Å². The highest BCUT2D eigenvalue weighted by Gasteiger charge is 2.29. The fourth-order valence-electron chi connectivity index (χ4n) is 1.96. The van der Waals surface area contributed by atoms with E-state index in [1.54, 1.807) is 0 Å². The average molecular weight is 229 g/mol. The van der Waals surface area contributed by atoms with Crippen molar-refractivity contribution < 1.29 is 8.42 Å². The van der Waals surface area contributed by atoms with Crippen LogP contribution in [0.4, 0.5) is 0 Å². The van der Waals surface area contributed by atoms with Crippen LogP contribution in [-0.4, -0.2) is 19.7 Å². The third-order valence-electron chi connectivity index (χ3n) is 2.83. The van der Waals surface area contributed by atoms with Crippen LogP contribution in [0.2, 0.25) is 0 Å². The van der Waals surface area contributed by atoms with Gasteiger partial charge >= 0.3 is 0 Å². The van der Waals surface area contributed by atoms with Gasteiger partial charge in [0.1, 0.15) is 0 Å². The van der Waals surface area contributed by atoms with E-state index < -0.39 is 10.0 Å². The lowest BCUT2D eigenvalue weighted by Gasteiger charge is -2.16. The lowest BCUT2D eigenvalue weighted by Crippen LogP contribution is -2.39. The number of rotatable bonds is 5. The minimum absolute atomic E-state index is 0.217. The summed E-state index contributed by atoms with van der Waals surface area (Å²) >= 11 is 0. The molecule has 1 aliphatic rings. The van der Waals surface area contributed by atoms with Gasteiger partial charge in [-0.1, -0.05) is 32.1 Å². The quantitative estimate of drug-likeness (QED) is 0.729. The van der Waals surface area contributed by atoms with Crippen molar-refractivity contribution in [3.8, 4) is 12.3 Å². The minimum atomic E-state index is -3.19. The van der Waals surface area contributed by atoms with E-state index in [-0.39, 0.29) is 11.3 Å². The molecule has 0 amide bonds. The second kappa shape index (κ2) is 5.53. The Labute approximate surface area is 92.7 Å². The van der Waals surface area contributed by atoms with Gasteiger partial charge in [-0.2, -0.15) is 0 Å². The normalized spacial score (nSPS) is 20.0. The van der Waals surface area contributed by atoms with Gasteiger partial charge in [0.25, 0.3) is 0 Å². The molecule has 0 radical (unpaired) electrons. The van der Waals surface area contributed by atoms with E-state index in [2.05, 4.69) is 10.6 Å². The number of hydrogen-bond donors (Lipinski definition) is 1. The summed E-state index contributed by atoms with van der Waals surface area (Å²) in [4.78, 5) is 0. The van der Waals surface area contributed by atoms with Gasteiger partial charge in [0.2, 0.25) is 10.0 Å². The summed E-state index contributed by atoms with van der Waals surface area (Å²) < 4.78 is 26.4. The molecule has 0 heterocycles. The van der Waals surface area contributed by atoms with Gasteiger partial charge in [0.15, 0.2) is 0 Å². The van der Waals surface area contributed by atoms with Crippen LogP contribution < -0.4 is 4.72 Å². The number of terminal acetylenes is 1. The molecule has 86 valence electrons. The molecule has 1 aliphatic carbocycles. The predicted octanol–water partition coefficient (Wildman–Crippen LogP) is 1.65. The first-order valence-electron chi connectivity index (χ1n) is 5.57. The maximum atomic E-state index is 11.9. The van der Waals surface area contributed by atoms with Gasteiger partial charge in [-0.25, -0.2) is 13.1 Å². The molecule has 1 rings (SSSR count). The molecule has 0 aromatic heterocycles. The molecule has 1 saturated carbocycles. The number of nitrogens with one attached hydrogen (secondary N) is 1. The molecule has 1 fully saturated rings. The molecule has 0 aromatic carbocycles. The van der Waals surface area contributed by atoms with Crippen molar-refractivity contribution >= 4 is 10.0 Å². The Kier molecular flexibility index (Phi) is 4.62. The first kappa shape index (κ1) is 12.5. The predicted molar refractivity (Wildman–Crippen MR) is 61.8 cm³/mol. The molecule has 0 aliphatic heterocycles. The van der Waals surface area contributed by atoms with Gasteiger partial charge < -0.3 is 0 Å². The van der Waals surface area contributed by atoms with Crippen LogP contribution in [0.15, 0.2) is 0 Å². The standard InChI is InChI=1S/C11H19NO2S/c1-3-7-10(4-2)12-15(13,14)11-8-5-6-9-11/h2,10-12H,3,5-9H2,1H3. The summed E-state index contributed by atoms with van der Waals surface area (Å²) in [7, 11) is -3.19. The van der Waals surface area contributed by atoms with Crippen molar-refractivity contribution in [2.24, 2.45) is 0 Å². The average Bonchev–Trinajstić information content (AvgIpc) is 2.70. The molecular formula is C11H19NO2S. The highest BCUT2D eigenvalue weighted by Crippen LogP contribution is 2.24. The van der Waals surface area contributed by atoms with Crippen molar-refractivity contribution in [1.29, 1.82) is 0 Å². The van der Waals surface area contributed by atoms with Crippen molar-refractivity contribution in [2.45, 2.75) is 56.7 Å².